The summed E-state index contributed by atoms with van der Waals surface area (Å²) in [6, 6.07) is 7.94. The third-order valence-corrected chi connectivity index (χ3v) is 6.15. The summed E-state index contributed by atoms with van der Waals surface area (Å²) in [5.41, 5.74) is 4.85. The number of amides is 2. The number of aryl methyl sites for hydroxylation is 1. The fraction of sp³-hybridized carbons (Fsp3) is 0.524. The van der Waals surface area contributed by atoms with E-state index in [1.807, 2.05) is 40.9 Å². The van der Waals surface area contributed by atoms with Crippen LogP contribution < -0.4 is 5.32 Å². The van der Waals surface area contributed by atoms with Crippen LogP contribution in [-0.2, 0) is 33.0 Å². The number of aromatic nitrogens is 2. The number of hydrogen-bond donors (Lipinski definition) is 1. The fourth-order valence-electron chi connectivity index (χ4n) is 4.45. The molecule has 0 bridgehead atoms. The van der Waals surface area contributed by atoms with E-state index < -0.39 is 0 Å². The van der Waals surface area contributed by atoms with Crippen LogP contribution in [0.3, 0.4) is 0 Å². The van der Waals surface area contributed by atoms with E-state index in [-0.39, 0.29) is 6.03 Å². The van der Waals surface area contributed by atoms with Gasteiger partial charge in [-0.05, 0) is 55.4 Å². The molecule has 0 unspecified atom stereocenters. The van der Waals surface area contributed by atoms with E-state index in [2.05, 4.69) is 5.32 Å². The van der Waals surface area contributed by atoms with Gasteiger partial charge < -0.3 is 10.2 Å². The standard InChI is InChI=1S/C21H27ClN4O/c1-25-20-8-4-7-18(20)19(24-25)14-26(17-5-2-3-6-17)21(27)23-13-15-9-11-16(22)12-10-15/h9-12,17H,2-8,13-14H2,1H3,(H,23,27). The number of nitrogens with one attached hydrogen (secondary N) is 1. The third kappa shape index (κ3) is 3.98. The van der Waals surface area contributed by atoms with E-state index in [4.69, 9.17) is 16.7 Å². The molecule has 1 saturated carbocycles. The molecule has 1 aromatic carbocycles. The number of nitrogens with zero attached hydrogens (tertiary/aromatic N) is 3. The molecular formula is C21H27ClN4O. The molecule has 4 rings (SSSR count). The van der Waals surface area contributed by atoms with Gasteiger partial charge in [-0.25, -0.2) is 4.79 Å². The number of halogens is 1. The number of carbonyl (C=O) groups is 1. The minimum Gasteiger partial charge on any atom is -0.334 e. The van der Waals surface area contributed by atoms with Crippen molar-refractivity contribution in [3.63, 3.8) is 0 Å². The van der Waals surface area contributed by atoms with Crippen LogP contribution in [0.4, 0.5) is 4.79 Å². The Morgan fingerprint density at radius 2 is 1.96 bits per heavy atom. The first kappa shape index (κ1) is 18.4. The molecule has 2 aliphatic rings. The van der Waals surface area contributed by atoms with Gasteiger partial charge in [-0.1, -0.05) is 36.6 Å². The van der Waals surface area contributed by atoms with Gasteiger partial charge in [-0.3, -0.25) is 4.68 Å². The summed E-state index contributed by atoms with van der Waals surface area (Å²) in [5, 5.41) is 8.54. The first-order valence-electron chi connectivity index (χ1n) is 9.94. The Labute approximate surface area is 165 Å². The number of benzene rings is 1. The topological polar surface area (TPSA) is 50.2 Å². The molecule has 2 aromatic rings. The Kier molecular flexibility index (Phi) is 5.39. The molecule has 0 saturated heterocycles. The van der Waals surface area contributed by atoms with E-state index >= 15 is 0 Å². The predicted molar refractivity (Wildman–Crippen MR) is 107 cm³/mol. The van der Waals surface area contributed by atoms with Gasteiger partial charge in [0.2, 0.25) is 0 Å². The molecule has 2 aliphatic carbocycles. The van der Waals surface area contributed by atoms with Crippen molar-refractivity contribution in [2.75, 3.05) is 0 Å². The van der Waals surface area contributed by atoms with Crippen molar-refractivity contribution in [2.45, 2.75) is 64.1 Å². The molecule has 1 aromatic heterocycles. The van der Waals surface area contributed by atoms with Gasteiger partial charge >= 0.3 is 6.03 Å². The van der Waals surface area contributed by atoms with Crippen molar-refractivity contribution in [3.8, 4) is 0 Å². The minimum atomic E-state index is 0.00856. The molecular weight excluding hydrogens is 360 g/mol. The summed E-state index contributed by atoms with van der Waals surface area (Å²) < 4.78 is 2.01. The zero-order chi connectivity index (χ0) is 18.8. The summed E-state index contributed by atoms with van der Waals surface area (Å²) in [4.78, 5) is 15.1. The number of urea groups is 1. The lowest BCUT2D eigenvalue weighted by Gasteiger charge is -2.29. The Morgan fingerprint density at radius 3 is 2.70 bits per heavy atom. The fourth-order valence-corrected chi connectivity index (χ4v) is 4.58. The van der Waals surface area contributed by atoms with Gasteiger partial charge in [0, 0.05) is 30.4 Å². The van der Waals surface area contributed by atoms with Crippen LogP contribution >= 0.6 is 11.6 Å². The highest BCUT2D eigenvalue weighted by atomic mass is 35.5. The first-order chi connectivity index (χ1) is 13.1. The van der Waals surface area contributed by atoms with Gasteiger partial charge in [-0.15, -0.1) is 0 Å². The van der Waals surface area contributed by atoms with Crippen LogP contribution in [0, 0.1) is 0 Å². The number of carbonyl (C=O) groups excluding carboxylic acids is 1. The normalized spacial score (nSPS) is 16.5. The second-order valence-corrected chi connectivity index (χ2v) is 8.14. The highest BCUT2D eigenvalue weighted by Crippen LogP contribution is 2.29. The summed E-state index contributed by atoms with van der Waals surface area (Å²) in [6.07, 6.45) is 7.96. The Morgan fingerprint density at radius 1 is 1.22 bits per heavy atom. The second-order valence-electron chi connectivity index (χ2n) is 7.70. The lowest BCUT2D eigenvalue weighted by Crippen LogP contribution is -2.44. The smallest absolute Gasteiger partial charge is 0.318 e. The zero-order valence-corrected chi connectivity index (χ0v) is 16.6. The quantitative estimate of drug-likeness (QED) is 0.836. The maximum absolute atomic E-state index is 13.0. The van der Waals surface area contributed by atoms with Crippen molar-refractivity contribution in [1.82, 2.24) is 20.0 Å². The molecule has 0 aliphatic heterocycles. The first-order valence-corrected chi connectivity index (χ1v) is 10.3. The highest BCUT2D eigenvalue weighted by Gasteiger charge is 2.30. The third-order valence-electron chi connectivity index (χ3n) is 5.90. The minimum absolute atomic E-state index is 0.00856. The highest BCUT2D eigenvalue weighted by molar-refractivity contribution is 6.30. The molecule has 1 N–H and O–H groups in total. The molecule has 27 heavy (non-hydrogen) atoms. The molecule has 2 amide bonds. The van der Waals surface area contributed by atoms with Crippen LogP contribution in [0.5, 0.6) is 0 Å². The van der Waals surface area contributed by atoms with Crippen molar-refractivity contribution in [3.05, 3.63) is 51.8 Å². The van der Waals surface area contributed by atoms with Crippen LogP contribution in [-0.4, -0.2) is 26.8 Å². The molecule has 144 valence electrons. The molecule has 1 fully saturated rings. The van der Waals surface area contributed by atoms with Crippen LogP contribution in [0.25, 0.3) is 0 Å². The molecule has 5 nitrogen and oxygen atoms in total. The maximum Gasteiger partial charge on any atom is 0.318 e. The van der Waals surface area contributed by atoms with Gasteiger partial charge in [0.15, 0.2) is 0 Å². The van der Waals surface area contributed by atoms with Crippen molar-refractivity contribution in [1.29, 1.82) is 0 Å². The van der Waals surface area contributed by atoms with Crippen molar-refractivity contribution in [2.24, 2.45) is 7.05 Å². The van der Waals surface area contributed by atoms with Crippen LogP contribution in [0.1, 0.15) is 54.6 Å². The summed E-state index contributed by atoms with van der Waals surface area (Å²) >= 11 is 5.95. The number of rotatable bonds is 5. The average Bonchev–Trinajstić information content (AvgIpc) is 3.40. The monoisotopic (exact) mass is 386 g/mol. The van der Waals surface area contributed by atoms with Gasteiger partial charge in [-0.2, -0.15) is 5.10 Å². The van der Waals surface area contributed by atoms with Crippen molar-refractivity contribution < 1.29 is 4.79 Å². The van der Waals surface area contributed by atoms with Crippen LogP contribution in [0.2, 0.25) is 5.02 Å². The zero-order valence-electron chi connectivity index (χ0n) is 15.9. The van der Waals surface area contributed by atoms with Gasteiger partial charge in [0.05, 0.1) is 12.2 Å². The Hall–Kier alpha value is -2.01. The average molecular weight is 387 g/mol. The van der Waals surface area contributed by atoms with Gasteiger partial charge in [0.25, 0.3) is 0 Å². The van der Waals surface area contributed by atoms with Gasteiger partial charge in [0.1, 0.15) is 0 Å². The van der Waals surface area contributed by atoms with E-state index in [9.17, 15) is 4.79 Å². The summed E-state index contributed by atoms with van der Waals surface area (Å²) in [6.45, 7) is 1.12. The molecule has 1 heterocycles. The SMILES string of the molecule is Cn1nc(CN(C(=O)NCc2ccc(Cl)cc2)C2CCCC2)c2c1CCC2. The Balaban J connectivity index is 1.48. The maximum atomic E-state index is 13.0. The molecule has 0 atom stereocenters. The molecule has 6 heteroatoms. The molecule has 0 radical (unpaired) electrons. The lowest BCUT2D eigenvalue weighted by atomic mass is 10.1. The van der Waals surface area contributed by atoms with E-state index in [0.717, 1.165) is 36.9 Å². The van der Waals surface area contributed by atoms with E-state index in [1.54, 1.807) is 0 Å². The summed E-state index contributed by atoms with van der Waals surface area (Å²) in [5.74, 6) is 0. The predicted octanol–water partition coefficient (Wildman–Crippen LogP) is 4.22. The summed E-state index contributed by atoms with van der Waals surface area (Å²) in [7, 11) is 2.02. The number of hydrogen-bond acceptors (Lipinski definition) is 2. The second kappa shape index (κ2) is 7.93. The molecule has 0 spiro atoms. The van der Waals surface area contributed by atoms with Crippen LogP contribution in [0.15, 0.2) is 24.3 Å². The lowest BCUT2D eigenvalue weighted by molar-refractivity contribution is 0.169. The van der Waals surface area contributed by atoms with E-state index in [1.165, 1.54) is 30.5 Å². The largest absolute Gasteiger partial charge is 0.334 e. The van der Waals surface area contributed by atoms with E-state index in [0.29, 0.717) is 24.2 Å². The van der Waals surface area contributed by atoms with Crippen molar-refractivity contribution >= 4 is 17.6 Å². The number of fused-ring (bicyclic) bond motifs is 1. The Bertz CT molecular complexity index is 808.